The standard InChI is InChI=1S/C16H22N2O4/c19-15-11-17-10-13-8-12(9-16(20)21)4-5-14(13)22-7-3-1-2-6-18-15/h4-5,8,17H,1-3,6-7,9-11H2,(H,18,19)(H,20,21). The van der Waals surface area contributed by atoms with E-state index in [0.717, 1.165) is 36.1 Å². The molecule has 1 aromatic carbocycles. The molecular weight excluding hydrogens is 284 g/mol. The highest BCUT2D eigenvalue weighted by Gasteiger charge is 2.09. The Morgan fingerprint density at radius 2 is 2.09 bits per heavy atom. The first-order valence-electron chi connectivity index (χ1n) is 7.59. The second kappa shape index (κ2) is 8.38. The van der Waals surface area contributed by atoms with Crippen LogP contribution in [0, 0.1) is 0 Å². The summed E-state index contributed by atoms with van der Waals surface area (Å²) in [6.07, 6.45) is 2.85. The smallest absolute Gasteiger partial charge is 0.307 e. The van der Waals surface area contributed by atoms with Crippen LogP contribution in [0.3, 0.4) is 0 Å². The van der Waals surface area contributed by atoms with Crippen molar-refractivity contribution in [1.29, 1.82) is 0 Å². The van der Waals surface area contributed by atoms with Crippen LogP contribution in [0.1, 0.15) is 30.4 Å². The summed E-state index contributed by atoms with van der Waals surface area (Å²) in [5.41, 5.74) is 1.61. The van der Waals surface area contributed by atoms with Gasteiger partial charge in [0.2, 0.25) is 5.91 Å². The van der Waals surface area contributed by atoms with Crippen molar-refractivity contribution in [1.82, 2.24) is 10.6 Å². The topological polar surface area (TPSA) is 87.7 Å². The van der Waals surface area contributed by atoms with Gasteiger partial charge in [0.25, 0.3) is 0 Å². The molecule has 6 heteroatoms. The molecule has 0 saturated carbocycles. The van der Waals surface area contributed by atoms with Gasteiger partial charge in [-0.2, -0.15) is 0 Å². The molecule has 0 radical (unpaired) electrons. The monoisotopic (exact) mass is 306 g/mol. The number of fused-ring (bicyclic) bond motifs is 1. The molecule has 1 amide bonds. The molecular formula is C16H22N2O4. The maximum atomic E-state index is 11.6. The first-order valence-corrected chi connectivity index (χ1v) is 7.59. The minimum absolute atomic E-state index is 0.0201. The number of nitrogens with one attached hydrogen (secondary N) is 2. The van der Waals surface area contributed by atoms with Gasteiger partial charge in [0, 0.05) is 18.7 Å². The van der Waals surface area contributed by atoms with Crippen LogP contribution in [0.25, 0.3) is 0 Å². The van der Waals surface area contributed by atoms with Gasteiger partial charge < -0.3 is 20.5 Å². The molecule has 0 atom stereocenters. The predicted molar refractivity (Wildman–Crippen MR) is 81.8 cm³/mol. The molecule has 1 aromatic rings. The Morgan fingerprint density at radius 1 is 1.23 bits per heavy atom. The van der Waals surface area contributed by atoms with Crippen LogP contribution in [0.15, 0.2) is 18.2 Å². The van der Waals surface area contributed by atoms with Crippen LogP contribution in [-0.2, 0) is 22.6 Å². The Bertz CT molecular complexity index is 531. The molecule has 0 aromatic heterocycles. The predicted octanol–water partition coefficient (Wildman–Crippen LogP) is 1.08. The van der Waals surface area contributed by atoms with Crippen LogP contribution >= 0.6 is 0 Å². The first-order chi connectivity index (χ1) is 10.6. The molecule has 3 N–H and O–H groups in total. The van der Waals surface area contributed by atoms with Gasteiger partial charge in [-0.3, -0.25) is 9.59 Å². The summed E-state index contributed by atoms with van der Waals surface area (Å²) in [7, 11) is 0. The number of carboxylic acids is 1. The summed E-state index contributed by atoms with van der Waals surface area (Å²) in [4.78, 5) is 22.5. The molecule has 1 aliphatic heterocycles. The fourth-order valence-corrected chi connectivity index (χ4v) is 2.38. The van der Waals surface area contributed by atoms with Crippen molar-refractivity contribution in [3.05, 3.63) is 29.3 Å². The fraction of sp³-hybridized carbons (Fsp3) is 0.500. The Hall–Kier alpha value is -2.08. The van der Waals surface area contributed by atoms with Crippen molar-refractivity contribution < 1.29 is 19.4 Å². The Morgan fingerprint density at radius 3 is 2.91 bits per heavy atom. The third kappa shape index (κ3) is 5.37. The number of carbonyl (C=O) groups is 2. The Labute approximate surface area is 129 Å². The third-order valence-corrected chi connectivity index (χ3v) is 3.48. The number of carbonyl (C=O) groups excluding carboxylic acids is 1. The molecule has 22 heavy (non-hydrogen) atoms. The summed E-state index contributed by atoms with van der Waals surface area (Å²) in [5.74, 6) is -0.137. The van der Waals surface area contributed by atoms with Crippen molar-refractivity contribution in [2.45, 2.75) is 32.2 Å². The molecule has 0 aliphatic carbocycles. The molecule has 0 saturated heterocycles. The highest BCUT2D eigenvalue weighted by molar-refractivity contribution is 5.77. The molecule has 120 valence electrons. The number of benzene rings is 1. The maximum absolute atomic E-state index is 11.6. The van der Waals surface area contributed by atoms with Gasteiger partial charge >= 0.3 is 5.97 Å². The number of rotatable bonds is 2. The normalized spacial score (nSPS) is 17.0. The van der Waals surface area contributed by atoms with Gasteiger partial charge in [-0.1, -0.05) is 12.1 Å². The van der Waals surface area contributed by atoms with E-state index in [1.807, 2.05) is 12.1 Å². The summed E-state index contributed by atoms with van der Waals surface area (Å²) < 4.78 is 5.80. The molecule has 0 fully saturated rings. The molecule has 6 nitrogen and oxygen atoms in total. The molecule has 2 rings (SSSR count). The van der Waals surface area contributed by atoms with Gasteiger partial charge in [0.05, 0.1) is 19.6 Å². The van der Waals surface area contributed by atoms with E-state index in [0.29, 0.717) is 19.7 Å². The Kier molecular flexibility index (Phi) is 6.21. The van der Waals surface area contributed by atoms with Crippen molar-refractivity contribution >= 4 is 11.9 Å². The molecule has 0 unspecified atom stereocenters. The third-order valence-electron chi connectivity index (χ3n) is 3.48. The quantitative estimate of drug-likeness (QED) is 0.761. The van der Waals surface area contributed by atoms with Crippen LogP contribution < -0.4 is 15.4 Å². The molecule has 1 heterocycles. The van der Waals surface area contributed by atoms with E-state index in [-0.39, 0.29) is 18.9 Å². The zero-order valence-corrected chi connectivity index (χ0v) is 12.6. The second-order valence-corrected chi connectivity index (χ2v) is 5.38. The van der Waals surface area contributed by atoms with E-state index in [9.17, 15) is 9.59 Å². The van der Waals surface area contributed by atoms with Crippen LogP contribution in [0.4, 0.5) is 0 Å². The van der Waals surface area contributed by atoms with E-state index in [1.54, 1.807) is 6.07 Å². The van der Waals surface area contributed by atoms with Crippen LogP contribution in [0.2, 0.25) is 0 Å². The molecule has 0 spiro atoms. The van der Waals surface area contributed by atoms with Gasteiger partial charge in [-0.05, 0) is 30.9 Å². The van der Waals surface area contributed by atoms with E-state index in [1.165, 1.54) is 0 Å². The van der Waals surface area contributed by atoms with Crippen LogP contribution in [-0.4, -0.2) is 36.7 Å². The van der Waals surface area contributed by atoms with Crippen molar-refractivity contribution in [2.24, 2.45) is 0 Å². The van der Waals surface area contributed by atoms with Crippen LogP contribution in [0.5, 0.6) is 5.75 Å². The van der Waals surface area contributed by atoms with E-state index >= 15 is 0 Å². The average Bonchev–Trinajstić information content (AvgIpc) is 2.48. The van der Waals surface area contributed by atoms with E-state index in [4.69, 9.17) is 9.84 Å². The highest BCUT2D eigenvalue weighted by atomic mass is 16.5. The Balaban J connectivity index is 2.10. The summed E-state index contributed by atoms with van der Waals surface area (Å²) in [6.45, 7) is 2.02. The fourth-order valence-electron chi connectivity index (χ4n) is 2.38. The first kappa shape index (κ1) is 16.3. The lowest BCUT2D eigenvalue weighted by molar-refractivity contribution is -0.136. The van der Waals surface area contributed by atoms with Gasteiger partial charge in [-0.25, -0.2) is 0 Å². The number of ether oxygens (including phenoxy) is 1. The number of carboxylic acid groups (broad SMARTS) is 1. The van der Waals surface area contributed by atoms with Crippen molar-refractivity contribution in [2.75, 3.05) is 19.7 Å². The number of amides is 1. The van der Waals surface area contributed by atoms with Crippen molar-refractivity contribution in [3.63, 3.8) is 0 Å². The van der Waals surface area contributed by atoms with Gasteiger partial charge in [0.15, 0.2) is 0 Å². The lowest BCUT2D eigenvalue weighted by Crippen LogP contribution is -2.34. The average molecular weight is 306 g/mol. The minimum Gasteiger partial charge on any atom is -0.493 e. The number of hydrogen-bond acceptors (Lipinski definition) is 4. The van der Waals surface area contributed by atoms with E-state index in [2.05, 4.69) is 10.6 Å². The lowest BCUT2D eigenvalue weighted by Gasteiger charge is -2.13. The minimum atomic E-state index is -0.863. The number of aliphatic carboxylic acids is 1. The van der Waals surface area contributed by atoms with E-state index < -0.39 is 5.97 Å². The van der Waals surface area contributed by atoms with Gasteiger partial charge in [-0.15, -0.1) is 0 Å². The zero-order chi connectivity index (χ0) is 15.8. The summed E-state index contributed by atoms with van der Waals surface area (Å²) in [5, 5.41) is 14.8. The largest absolute Gasteiger partial charge is 0.493 e. The summed E-state index contributed by atoms with van der Waals surface area (Å²) in [6, 6.07) is 5.42. The number of hydrogen-bond donors (Lipinski definition) is 3. The molecule has 0 bridgehead atoms. The SMILES string of the molecule is O=C(O)Cc1ccc2c(c1)CNCC(=O)NCCCCCO2. The van der Waals surface area contributed by atoms with Gasteiger partial charge in [0.1, 0.15) is 5.75 Å². The molecule has 1 aliphatic rings. The second-order valence-electron chi connectivity index (χ2n) is 5.38. The highest BCUT2D eigenvalue weighted by Crippen LogP contribution is 2.21. The summed E-state index contributed by atoms with van der Waals surface area (Å²) >= 11 is 0. The lowest BCUT2D eigenvalue weighted by atomic mass is 10.1. The maximum Gasteiger partial charge on any atom is 0.307 e. The van der Waals surface area contributed by atoms with Crippen molar-refractivity contribution in [3.8, 4) is 5.75 Å². The zero-order valence-electron chi connectivity index (χ0n) is 12.6.